The van der Waals surface area contributed by atoms with E-state index in [4.69, 9.17) is 9.47 Å². The Hall–Kier alpha value is -2.19. The number of hydrogen-bond acceptors (Lipinski definition) is 6. The van der Waals surface area contributed by atoms with Crippen LogP contribution in [0.25, 0.3) is 0 Å². The molecule has 0 aromatic heterocycles. The lowest BCUT2D eigenvalue weighted by Crippen LogP contribution is -2.57. The third-order valence-corrected chi connectivity index (χ3v) is 8.20. The van der Waals surface area contributed by atoms with E-state index in [2.05, 4.69) is 0 Å². The molecule has 0 aromatic carbocycles. The van der Waals surface area contributed by atoms with Crippen molar-refractivity contribution in [3.63, 3.8) is 0 Å². The van der Waals surface area contributed by atoms with Gasteiger partial charge in [0.25, 0.3) is 0 Å². The molecule has 1 spiro atoms. The van der Waals surface area contributed by atoms with E-state index in [9.17, 15) is 19.5 Å². The molecule has 1 saturated carbocycles. The maximum absolute atomic E-state index is 14.1. The van der Waals surface area contributed by atoms with E-state index in [1.165, 1.54) is 6.42 Å². The average molecular weight is 473 g/mol. The summed E-state index contributed by atoms with van der Waals surface area (Å²) in [4.78, 5) is 44.7. The number of ether oxygens (including phenoxy) is 2. The van der Waals surface area contributed by atoms with Crippen molar-refractivity contribution in [1.29, 1.82) is 0 Å². The van der Waals surface area contributed by atoms with Crippen molar-refractivity contribution in [3.8, 4) is 0 Å². The third kappa shape index (κ3) is 3.88. The molecule has 5 rings (SSSR count). The van der Waals surface area contributed by atoms with Gasteiger partial charge in [-0.25, -0.2) is 0 Å². The number of hydrogen-bond donors (Lipinski definition) is 1. The number of aliphatic hydroxyl groups is 1. The van der Waals surface area contributed by atoms with Gasteiger partial charge in [-0.3, -0.25) is 14.4 Å². The van der Waals surface area contributed by atoms with Gasteiger partial charge in [0, 0.05) is 25.7 Å². The number of rotatable bonds is 4. The van der Waals surface area contributed by atoms with Gasteiger partial charge < -0.3 is 24.4 Å². The summed E-state index contributed by atoms with van der Waals surface area (Å²) in [6.07, 6.45) is 15.4. The van der Waals surface area contributed by atoms with Gasteiger partial charge in [0.2, 0.25) is 11.8 Å². The summed E-state index contributed by atoms with van der Waals surface area (Å²) in [6.45, 7) is 0.978. The average Bonchev–Trinajstić information content (AvgIpc) is 3.23. The van der Waals surface area contributed by atoms with E-state index in [1.54, 1.807) is 4.90 Å². The van der Waals surface area contributed by atoms with Crippen LogP contribution in [0.5, 0.6) is 0 Å². The van der Waals surface area contributed by atoms with E-state index in [0.717, 1.165) is 44.9 Å². The van der Waals surface area contributed by atoms with Crippen molar-refractivity contribution in [2.24, 2.45) is 11.8 Å². The molecule has 5 atom stereocenters. The van der Waals surface area contributed by atoms with Crippen LogP contribution in [-0.2, 0) is 23.9 Å². The first-order valence-corrected chi connectivity index (χ1v) is 13.0. The topological polar surface area (TPSA) is 96.4 Å². The standard InChI is InChI=1S/C26H36N2O6/c29-16-9-15-28-22-24(31)27(18-10-4-3-5-11-18)14-8-13-26(22)21(23(28)30)20-19(34-26)12-6-1-2-7-17-33-25(20)32/h6,8,12-13,18-22,29H,1-5,7,9-11,14-17H2/b12-6-/t19-,20+,21-,22?,26-/m0/s1. The minimum absolute atomic E-state index is 0.0811. The van der Waals surface area contributed by atoms with Crippen LogP contribution in [0, 0.1) is 11.8 Å². The molecule has 5 aliphatic rings. The van der Waals surface area contributed by atoms with E-state index < -0.39 is 35.6 Å². The van der Waals surface area contributed by atoms with Crippen molar-refractivity contribution in [2.75, 3.05) is 26.3 Å². The predicted octanol–water partition coefficient (Wildman–Crippen LogP) is 1.96. The number of likely N-dealkylation sites (tertiary alicyclic amines) is 1. The maximum atomic E-state index is 14.1. The molecule has 1 N–H and O–H groups in total. The fourth-order valence-electron chi connectivity index (χ4n) is 6.64. The summed E-state index contributed by atoms with van der Waals surface area (Å²) >= 11 is 0. The Kier molecular flexibility index (Phi) is 6.80. The van der Waals surface area contributed by atoms with Gasteiger partial charge in [0.05, 0.1) is 18.6 Å². The van der Waals surface area contributed by atoms with E-state index in [0.29, 0.717) is 19.6 Å². The van der Waals surface area contributed by atoms with Gasteiger partial charge in [-0.15, -0.1) is 0 Å². The van der Waals surface area contributed by atoms with E-state index >= 15 is 0 Å². The number of carbonyl (C=O) groups is 3. The summed E-state index contributed by atoms with van der Waals surface area (Å²) in [7, 11) is 0. The van der Waals surface area contributed by atoms with Gasteiger partial charge in [-0.1, -0.05) is 43.6 Å². The first-order chi connectivity index (χ1) is 16.6. The van der Waals surface area contributed by atoms with E-state index in [1.807, 2.05) is 29.2 Å². The molecule has 4 aliphatic heterocycles. The second kappa shape index (κ2) is 9.82. The molecule has 8 nitrogen and oxygen atoms in total. The highest BCUT2D eigenvalue weighted by molar-refractivity contribution is 5.99. The smallest absolute Gasteiger partial charge is 0.312 e. The van der Waals surface area contributed by atoms with Crippen molar-refractivity contribution in [1.82, 2.24) is 9.80 Å². The van der Waals surface area contributed by atoms with Crippen molar-refractivity contribution in [2.45, 2.75) is 81.6 Å². The Balaban J connectivity index is 1.55. The number of fused-ring (bicyclic) bond motifs is 2. The number of cyclic esters (lactones) is 1. The molecule has 1 aliphatic carbocycles. The molecule has 2 amide bonds. The number of carbonyl (C=O) groups excluding carboxylic acids is 3. The van der Waals surface area contributed by atoms with Crippen LogP contribution < -0.4 is 0 Å². The number of amides is 2. The Morgan fingerprint density at radius 2 is 1.85 bits per heavy atom. The number of aliphatic hydroxyl groups excluding tert-OH is 1. The summed E-state index contributed by atoms with van der Waals surface area (Å²) in [5.41, 5.74) is -1.21. The maximum Gasteiger partial charge on any atom is 0.312 e. The molecule has 34 heavy (non-hydrogen) atoms. The molecule has 2 saturated heterocycles. The zero-order valence-electron chi connectivity index (χ0n) is 19.8. The molecule has 8 heteroatoms. The van der Waals surface area contributed by atoms with Gasteiger partial charge >= 0.3 is 5.97 Å². The van der Waals surface area contributed by atoms with Crippen LogP contribution in [-0.4, -0.2) is 82.8 Å². The zero-order valence-corrected chi connectivity index (χ0v) is 19.8. The summed E-state index contributed by atoms with van der Waals surface area (Å²) in [5.74, 6) is -2.39. The Bertz CT molecular complexity index is 865. The molecular formula is C26H36N2O6. The summed E-state index contributed by atoms with van der Waals surface area (Å²) in [6, 6.07) is -0.682. The highest BCUT2D eigenvalue weighted by Gasteiger charge is 2.71. The largest absolute Gasteiger partial charge is 0.465 e. The fraction of sp³-hybridized carbons (Fsp3) is 0.731. The molecule has 1 unspecified atom stereocenters. The number of nitrogens with zero attached hydrogens (tertiary/aromatic N) is 2. The lowest BCUT2D eigenvalue weighted by Gasteiger charge is -2.39. The quantitative estimate of drug-likeness (QED) is 0.496. The minimum Gasteiger partial charge on any atom is -0.465 e. The Morgan fingerprint density at radius 1 is 1.03 bits per heavy atom. The highest BCUT2D eigenvalue weighted by atomic mass is 16.6. The van der Waals surface area contributed by atoms with Crippen LogP contribution in [0.15, 0.2) is 24.3 Å². The van der Waals surface area contributed by atoms with Crippen LogP contribution >= 0.6 is 0 Å². The van der Waals surface area contributed by atoms with Crippen LogP contribution in [0.4, 0.5) is 0 Å². The Morgan fingerprint density at radius 3 is 2.65 bits per heavy atom. The van der Waals surface area contributed by atoms with Crippen LogP contribution in [0.1, 0.15) is 57.8 Å². The third-order valence-electron chi connectivity index (χ3n) is 8.20. The molecule has 3 fully saturated rings. The van der Waals surface area contributed by atoms with Crippen molar-refractivity contribution < 1.29 is 29.0 Å². The molecule has 0 radical (unpaired) electrons. The first kappa shape index (κ1) is 23.5. The highest BCUT2D eigenvalue weighted by Crippen LogP contribution is 2.53. The van der Waals surface area contributed by atoms with Gasteiger partial charge in [-0.2, -0.15) is 0 Å². The van der Waals surface area contributed by atoms with Crippen LogP contribution in [0.3, 0.4) is 0 Å². The van der Waals surface area contributed by atoms with Gasteiger partial charge in [-0.05, 0) is 38.5 Å². The van der Waals surface area contributed by atoms with Crippen LogP contribution in [0.2, 0.25) is 0 Å². The molecule has 0 bridgehead atoms. The monoisotopic (exact) mass is 472 g/mol. The van der Waals surface area contributed by atoms with Crippen molar-refractivity contribution in [3.05, 3.63) is 24.3 Å². The second-order valence-corrected chi connectivity index (χ2v) is 10.2. The van der Waals surface area contributed by atoms with E-state index in [-0.39, 0.29) is 31.0 Å². The normalized spacial score (nSPS) is 37.6. The SMILES string of the molecule is O=C1OCCCC/C=C\[C@@H]2O[C@]34C=CCN(C5CCCCC5)C(=O)C3N(CCCO)C(=O)[C@@H]4[C@H]12. The van der Waals surface area contributed by atoms with Gasteiger partial charge in [0.1, 0.15) is 17.6 Å². The predicted molar refractivity (Wildman–Crippen MR) is 123 cm³/mol. The Labute approximate surface area is 200 Å². The lowest BCUT2D eigenvalue weighted by atomic mass is 9.77. The fourth-order valence-corrected chi connectivity index (χ4v) is 6.64. The molecule has 186 valence electrons. The second-order valence-electron chi connectivity index (χ2n) is 10.2. The number of esters is 1. The summed E-state index contributed by atoms with van der Waals surface area (Å²) < 4.78 is 12.2. The summed E-state index contributed by atoms with van der Waals surface area (Å²) in [5, 5.41) is 9.48. The zero-order chi connectivity index (χ0) is 23.7. The first-order valence-electron chi connectivity index (χ1n) is 13.0. The number of allylic oxidation sites excluding steroid dienone is 1. The van der Waals surface area contributed by atoms with Crippen molar-refractivity contribution >= 4 is 17.8 Å². The minimum atomic E-state index is -1.21. The molecule has 0 aromatic rings. The lowest BCUT2D eigenvalue weighted by molar-refractivity contribution is -0.155. The molecule has 4 heterocycles. The molecular weight excluding hydrogens is 436 g/mol. The van der Waals surface area contributed by atoms with Gasteiger partial charge in [0.15, 0.2) is 0 Å².